The van der Waals surface area contributed by atoms with E-state index >= 15 is 0 Å². The van der Waals surface area contributed by atoms with Crippen LogP contribution in [0.2, 0.25) is 0 Å². The quantitative estimate of drug-likeness (QED) is 0.625. The van der Waals surface area contributed by atoms with Gasteiger partial charge in [0.25, 0.3) is 5.69 Å². The number of hydrogen-bond acceptors (Lipinski definition) is 6. The molecule has 2 aliphatic rings. The molecular weight excluding hydrogens is 381 g/mol. The van der Waals surface area contributed by atoms with Crippen molar-refractivity contribution in [1.82, 2.24) is 9.80 Å². The van der Waals surface area contributed by atoms with Gasteiger partial charge in [0.2, 0.25) is 0 Å². The van der Waals surface area contributed by atoms with Crippen LogP contribution >= 0.6 is 11.8 Å². The molecule has 0 aliphatic carbocycles. The lowest BCUT2D eigenvalue weighted by Crippen LogP contribution is -2.48. The lowest BCUT2D eigenvalue weighted by molar-refractivity contribution is -0.385. The Morgan fingerprint density at radius 3 is 2.64 bits per heavy atom. The molecule has 1 saturated heterocycles. The van der Waals surface area contributed by atoms with Gasteiger partial charge in [0.05, 0.1) is 11.5 Å². The Morgan fingerprint density at radius 1 is 1.14 bits per heavy atom. The fourth-order valence-electron chi connectivity index (χ4n) is 4.00. The zero-order valence-electron chi connectivity index (χ0n) is 15.4. The highest BCUT2D eigenvalue weighted by atomic mass is 32.2. The summed E-state index contributed by atoms with van der Waals surface area (Å²) in [5, 5.41) is 20.5. The molecule has 2 aromatic carbocycles. The summed E-state index contributed by atoms with van der Waals surface area (Å²) in [4.78, 5) is 17.4. The van der Waals surface area contributed by atoms with E-state index in [9.17, 15) is 14.5 Å². The summed E-state index contributed by atoms with van der Waals surface area (Å²) in [6, 6.07) is 9.84. The summed E-state index contributed by atoms with van der Waals surface area (Å²) in [7, 11) is 0. The number of hydrogen-bond donors (Lipinski definition) is 1. The lowest BCUT2D eigenvalue weighted by Gasteiger charge is -2.39. The Bertz CT molecular complexity index is 887. The molecule has 2 aromatic rings. The summed E-state index contributed by atoms with van der Waals surface area (Å²) < 4.78 is 13.8. The smallest absolute Gasteiger partial charge is 0.269 e. The summed E-state index contributed by atoms with van der Waals surface area (Å²) in [6.45, 7) is 4.17. The van der Waals surface area contributed by atoms with Crippen LogP contribution in [0.1, 0.15) is 17.2 Å². The topological polar surface area (TPSA) is 69.9 Å². The van der Waals surface area contributed by atoms with Crippen molar-refractivity contribution < 1.29 is 14.4 Å². The van der Waals surface area contributed by atoms with Gasteiger partial charge >= 0.3 is 0 Å². The van der Waals surface area contributed by atoms with Crippen LogP contribution < -0.4 is 0 Å². The molecule has 1 N–H and O–H groups in total. The number of aliphatic hydroxyl groups excluding tert-OH is 1. The zero-order chi connectivity index (χ0) is 19.7. The van der Waals surface area contributed by atoms with E-state index in [1.807, 2.05) is 6.07 Å². The highest BCUT2D eigenvalue weighted by molar-refractivity contribution is 7.99. The predicted molar refractivity (Wildman–Crippen MR) is 105 cm³/mol. The van der Waals surface area contributed by atoms with Crippen LogP contribution in [0.3, 0.4) is 0 Å². The minimum absolute atomic E-state index is 0.00499. The highest BCUT2D eigenvalue weighted by Crippen LogP contribution is 2.44. The van der Waals surface area contributed by atoms with Crippen molar-refractivity contribution in [3.63, 3.8) is 0 Å². The maximum absolute atomic E-state index is 13.8. The number of halogens is 1. The van der Waals surface area contributed by atoms with E-state index in [0.717, 1.165) is 47.1 Å². The summed E-state index contributed by atoms with van der Waals surface area (Å²) in [6.07, 6.45) is 0.691. The molecule has 0 saturated carbocycles. The SMILES string of the molecule is O=[N+]([O-])c1ccc2c(c1)C(N1CCN(CCO)CC1)Cc1ccc(F)cc1S2. The van der Waals surface area contributed by atoms with Crippen molar-refractivity contribution >= 4 is 17.4 Å². The van der Waals surface area contributed by atoms with E-state index in [1.54, 1.807) is 18.2 Å². The molecule has 0 bridgehead atoms. The third kappa shape index (κ3) is 3.91. The van der Waals surface area contributed by atoms with Gasteiger partial charge in [0, 0.05) is 60.7 Å². The molecule has 0 aromatic heterocycles. The van der Waals surface area contributed by atoms with Gasteiger partial charge < -0.3 is 5.11 Å². The molecule has 0 spiro atoms. The Morgan fingerprint density at radius 2 is 1.93 bits per heavy atom. The molecule has 4 rings (SSSR count). The van der Waals surface area contributed by atoms with E-state index in [2.05, 4.69) is 9.80 Å². The number of nitro benzene ring substituents is 1. The standard InChI is InChI=1S/C20H22FN3O3S/c21-15-2-1-14-11-18(23-7-5-22(6-8-23)9-10-25)17-13-16(24(26)27)3-4-19(17)28-20(14)12-15/h1-4,12-13,18,25H,5-11H2. The molecule has 1 unspecified atom stereocenters. The van der Waals surface area contributed by atoms with Gasteiger partial charge in [0.15, 0.2) is 0 Å². The van der Waals surface area contributed by atoms with E-state index in [0.29, 0.717) is 13.0 Å². The van der Waals surface area contributed by atoms with Gasteiger partial charge in [-0.1, -0.05) is 17.8 Å². The van der Waals surface area contributed by atoms with Gasteiger partial charge in [-0.05, 0) is 35.7 Å². The number of fused-ring (bicyclic) bond motifs is 2. The number of rotatable bonds is 4. The second kappa shape index (κ2) is 8.16. The molecule has 1 atom stereocenters. The Balaban J connectivity index is 1.71. The number of benzene rings is 2. The number of non-ortho nitro benzene ring substituents is 1. The minimum atomic E-state index is -0.362. The van der Waals surface area contributed by atoms with Crippen LogP contribution in [0.15, 0.2) is 46.2 Å². The predicted octanol–water partition coefficient (Wildman–Crippen LogP) is 3.09. The fourth-order valence-corrected chi connectivity index (χ4v) is 5.14. The van der Waals surface area contributed by atoms with Crippen LogP contribution in [0.5, 0.6) is 0 Å². The van der Waals surface area contributed by atoms with Crippen molar-refractivity contribution in [2.24, 2.45) is 0 Å². The van der Waals surface area contributed by atoms with Gasteiger partial charge in [-0.3, -0.25) is 19.9 Å². The molecule has 1 fully saturated rings. The van der Waals surface area contributed by atoms with Crippen LogP contribution in [0.4, 0.5) is 10.1 Å². The maximum atomic E-state index is 13.8. The van der Waals surface area contributed by atoms with Crippen LogP contribution in [0.25, 0.3) is 0 Å². The van der Waals surface area contributed by atoms with Crippen molar-refractivity contribution in [3.8, 4) is 0 Å². The number of piperazine rings is 1. The van der Waals surface area contributed by atoms with Crippen molar-refractivity contribution in [1.29, 1.82) is 0 Å². The first-order valence-corrected chi connectivity index (χ1v) is 10.2. The van der Waals surface area contributed by atoms with Crippen molar-refractivity contribution in [2.75, 3.05) is 39.3 Å². The normalized spacial score (nSPS) is 20.3. The monoisotopic (exact) mass is 403 g/mol. The molecule has 148 valence electrons. The van der Waals surface area contributed by atoms with Gasteiger partial charge in [-0.15, -0.1) is 0 Å². The summed E-state index contributed by atoms with van der Waals surface area (Å²) in [5.74, 6) is -0.272. The number of nitrogens with zero attached hydrogens (tertiary/aromatic N) is 3. The first kappa shape index (κ1) is 19.3. The second-order valence-electron chi connectivity index (χ2n) is 7.15. The number of aliphatic hydroxyl groups is 1. The maximum Gasteiger partial charge on any atom is 0.269 e. The average Bonchev–Trinajstić information content (AvgIpc) is 2.84. The van der Waals surface area contributed by atoms with E-state index in [1.165, 1.54) is 23.9 Å². The third-order valence-corrected chi connectivity index (χ3v) is 6.68. The third-order valence-electron chi connectivity index (χ3n) is 5.49. The minimum Gasteiger partial charge on any atom is -0.395 e. The molecule has 8 heteroatoms. The van der Waals surface area contributed by atoms with Crippen LogP contribution in [0, 0.1) is 15.9 Å². The van der Waals surface area contributed by atoms with Gasteiger partial charge in [-0.2, -0.15) is 0 Å². The Labute approximate surface area is 167 Å². The lowest BCUT2D eigenvalue weighted by atomic mass is 9.96. The Hall–Kier alpha value is -2.00. The second-order valence-corrected chi connectivity index (χ2v) is 8.24. The summed E-state index contributed by atoms with van der Waals surface area (Å²) in [5.41, 5.74) is 2.08. The molecule has 0 amide bonds. The zero-order valence-corrected chi connectivity index (χ0v) is 16.2. The summed E-state index contributed by atoms with van der Waals surface area (Å²) >= 11 is 1.48. The first-order valence-electron chi connectivity index (χ1n) is 9.37. The molecule has 2 aliphatic heterocycles. The molecular formula is C20H22FN3O3S. The van der Waals surface area contributed by atoms with Crippen molar-refractivity contribution in [2.45, 2.75) is 22.3 Å². The van der Waals surface area contributed by atoms with Gasteiger partial charge in [0.1, 0.15) is 5.82 Å². The molecule has 2 heterocycles. The molecule has 0 radical (unpaired) electrons. The number of β-amino-alcohol motifs (C(OH)–C–C–N with tert-alkyl or cyclic N) is 1. The van der Waals surface area contributed by atoms with E-state index in [-0.39, 0.29) is 29.1 Å². The van der Waals surface area contributed by atoms with Crippen molar-refractivity contribution in [3.05, 3.63) is 63.5 Å². The van der Waals surface area contributed by atoms with Crippen LogP contribution in [-0.2, 0) is 6.42 Å². The fraction of sp³-hybridized carbons (Fsp3) is 0.400. The van der Waals surface area contributed by atoms with E-state index in [4.69, 9.17) is 5.11 Å². The first-order chi connectivity index (χ1) is 13.5. The largest absolute Gasteiger partial charge is 0.395 e. The molecule has 28 heavy (non-hydrogen) atoms. The van der Waals surface area contributed by atoms with Gasteiger partial charge in [-0.25, -0.2) is 4.39 Å². The highest BCUT2D eigenvalue weighted by Gasteiger charge is 2.31. The molecule has 6 nitrogen and oxygen atoms in total. The van der Waals surface area contributed by atoms with E-state index < -0.39 is 0 Å². The Kier molecular flexibility index (Phi) is 5.63. The van der Waals surface area contributed by atoms with Crippen LogP contribution in [-0.4, -0.2) is 59.2 Å². The average molecular weight is 403 g/mol. The number of nitro groups is 1.